The van der Waals surface area contributed by atoms with Gasteiger partial charge in [0.25, 0.3) is 0 Å². The van der Waals surface area contributed by atoms with Gasteiger partial charge in [0, 0.05) is 11.8 Å². The van der Waals surface area contributed by atoms with Crippen molar-refractivity contribution in [3.8, 4) is 0 Å². The van der Waals surface area contributed by atoms with Crippen LogP contribution in [0.25, 0.3) is 5.70 Å². The van der Waals surface area contributed by atoms with Crippen molar-refractivity contribution in [2.75, 3.05) is 12.4 Å². The number of esters is 1. The van der Waals surface area contributed by atoms with Gasteiger partial charge in [0.2, 0.25) is 0 Å². The van der Waals surface area contributed by atoms with E-state index in [4.69, 9.17) is 4.74 Å². The monoisotopic (exact) mass is 331 g/mol. The van der Waals surface area contributed by atoms with Crippen molar-refractivity contribution in [2.24, 2.45) is 5.92 Å². The molecule has 1 aliphatic carbocycles. The van der Waals surface area contributed by atoms with Crippen molar-refractivity contribution >= 4 is 23.4 Å². The molecule has 23 heavy (non-hydrogen) atoms. The molecule has 0 amide bonds. The molecule has 1 N–H and O–H groups in total. The fourth-order valence-electron chi connectivity index (χ4n) is 3.40. The van der Waals surface area contributed by atoms with Crippen molar-refractivity contribution in [3.63, 3.8) is 0 Å². The summed E-state index contributed by atoms with van der Waals surface area (Å²) in [5, 5.41) is 3.70. The van der Waals surface area contributed by atoms with Crippen LogP contribution < -0.4 is 5.32 Å². The van der Waals surface area contributed by atoms with Crippen LogP contribution in [0.4, 0.5) is 0 Å². The van der Waals surface area contributed by atoms with E-state index in [9.17, 15) is 4.79 Å². The van der Waals surface area contributed by atoms with Gasteiger partial charge in [-0.05, 0) is 38.2 Å². The van der Waals surface area contributed by atoms with Gasteiger partial charge >= 0.3 is 5.97 Å². The summed E-state index contributed by atoms with van der Waals surface area (Å²) in [6.07, 6.45) is 5.02. The van der Waals surface area contributed by atoms with Crippen LogP contribution >= 0.6 is 11.8 Å². The number of fused-ring (bicyclic) bond motifs is 1. The fourth-order valence-corrected chi connectivity index (χ4v) is 4.68. The summed E-state index contributed by atoms with van der Waals surface area (Å²) in [6.45, 7) is 4.35. The Hall–Kier alpha value is -1.42. The average molecular weight is 331 g/mol. The molecule has 3 nitrogen and oxygen atoms in total. The third kappa shape index (κ3) is 3.74. The van der Waals surface area contributed by atoms with Gasteiger partial charge in [0.05, 0.1) is 12.3 Å². The second-order valence-electron chi connectivity index (χ2n) is 6.40. The molecule has 1 fully saturated rings. The molecule has 0 radical (unpaired) electrons. The lowest BCUT2D eigenvalue weighted by atomic mass is 9.85. The lowest BCUT2D eigenvalue weighted by Crippen LogP contribution is -2.37. The third-order valence-corrected chi connectivity index (χ3v) is 5.96. The van der Waals surface area contributed by atoms with E-state index in [0.29, 0.717) is 18.6 Å². The molecule has 1 saturated carbocycles. The maximum Gasteiger partial charge on any atom is 0.346 e. The number of hydrogen-bond donors (Lipinski definition) is 1. The van der Waals surface area contributed by atoms with Crippen LogP contribution in [-0.4, -0.2) is 24.4 Å². The molecule has 1 aromatic rings. The predicted molar refractivity (Wildman–Crippen MR) is 96.1 cm³/mol. The molecule has 0 unspecified atom stereocenters. The number of aryl methyl sites for hydroxylation is 1. The molecule has 0 spiro atoms. The normalized spacial score (nSPS) is 24.4. The van der Waals surface area contributed by atoms with Gasteiger partial charge in [0.15, 0.2) is 0 Å². The SMILES string of the molecule is CCOC(=O)C1=C(c2ccc(C)cc2)N[C@H]2CCCC[C@@H]2CS1. The zero-order valence-corrected chi connectivity index (χ0v) is 14.7. The van der Waals surface area contributed by atoms with E-state index in [1.165, 1.54) is 31.2 Å². The van der Waals surface area contributed by atoms with E-state index in [2.05, 4.69) is 36.5 Å². The smallest absolute Gasteiger partial charge is 0.346 e. The Morgan fingerprint density at radius 3 is 2.74 bits per heavy atom. The number of nitrogens with one attached hydrogen (secondary N) is 1. The zero-order chi connectivity index (χ0) is 16.2. The number of ether oxygens (including phenoxy) is 1. The molecule has 0 saturated heterocycles. The maximum atomic E-state index is 12.5. The van der Waals surface area contributed by atoms with Crippen LogP contribution in [0.15, 0.2) is 29.2 Å². The van der Waals surface area contributed by atoms with E-state index < -0.39 is 0 Å². The largest absolute Gasteiger partial charge is 0.462 e. The van der Waals surface area contributed by atoms with Crippen LogP contribution in [-0.2, 0) is 9.53 Å². The quantitative estimate of drug-likeness (QED) is 0.846. The van der Waals surface area contributed by atoms with Crippen molar-refractivity contribution in [2.45, 2.75) is 45.6 Å². The highest BCUT2D eigenvalue weighted by molar-refractivity contribution is 8.04. The molecule has 1 heterocycles. The van der Waals surface area contributed by atoms with E-state index in [0.717, 1.165) is 21.9 Å². The molecular weight excluding hydrogens is 306 g/mol. The Labute approximate surface area is 142 Å². The Kier molecular flexibility index (Phi) is 5.31. The first-order valence-corrected chi connectivity index (χ1v) is 9.55. The van der Waals surface area contributed by atoms with Crippen molar-refractivity contribution in [3.05, 3.63) is 40.3 Å². The van der Waals surface area contributed by atoms with Gasteiger partial charge in [0.1, 0.15) is 4.91 Å². The molecule has 4 heteroatoms. The zero-order valence-electron chi connectivity index (χ0n) is 13.9. The van der Waals surface area contributed by atoms with E-state index >= 15 is 0 Å². The van der Waals surface area contributed by atoms with Gasteiger partial charge in [-0.1, -0.05) is 42.7 Å². The predicted octanol–water partition coefficient (Wildman–Crippen LogP) is 4.12. The summed E-state index contributed by atoms with van der Waals surface area (Å²) < 4.78 is 5.31. The number of carbonyl (C=O) groups excluding carboxylic acids is 1. The van der Waals surface area contributed by atoms with E-state index in [1.807, 2.05) is 6.92 Å². The highest BCUT2D eigenvalue weighted by Gasteiger charge is 2.32. The lowest BCUT2D eigenvalue weighted by molar-refractivity contribution is -0.137. The highest BCUT2D eigenvalue weighted by atomic mass is 32.2. The number of rotatable bonds is 3. The molecule has 124 valence electrons. The minimum Gasteiger partial charge on any atom is -0.462 e. The van der Waals surface area contributed by atoms with Gasteiger partial charge in [-0.3, -0.25) is 0 Å². The minimum atomic E-state index is -0.195. The van der Waals surface area contributed by atoms with Crippen LogP contribution in [0.1, 0.15) is 43.7 Å². The highest BCUT2D eigenvalue weighted by Crippen LogP contribution is 2.37. The van der Waals surface area contributed by atoms with Crippen LogP contribution in [0.5, 0.6) is 0 Å². The topological polar surface area (TPSA) is 38.3 Å². The van der Waals surface area contributed by atoms with E-state index in [1.54, 1.807) is 11.8 Å². The number of benzene rings is 1. The first-order valence-electron chi connectivity index (χ1n) is 8.56. The van der Waals surface area contributed by atoms with Crippen LogP contribution in [0.2, 0.25) is 0 Å². The molecule has 0 bridgehead atoms. The van der Waals surface area contributed by atoms with Gasteiger partial charge in [-0.2, -0.15) is 0 Å². The first-order chi connectivity index (χ1) is 11.2. The summed E-state index contributed by atoms with van der Waals surface area (Å²) in [5.74, 6) is 1.45. The molecule has 1 aromatic carbocycles. The van der Waals surface area contributed by atoms with Gasteiger partial charge in [-0.25, -0.2) is 4.79 Å². The first kappa shape index (κ1) is 16.4. The summed E-state index contributed by atoms with van der Waals surface area (Å²) >= 11 is 1.67. The number of carbonyl (C=O) groups is 1. The lowest BCUT2D eigenvalue weighted by Gasteiger charge is -2.31. The third-order valence-electron chi connectivity index (χ3n) is 4.71. The molecular formula is C19H25NO2S. The van der Waals surface area contributed by atoms with Crippen molar-refractivity contribution < 1.29 is 9.53 Å². The summed E-state index contributed by atoms with van der Waals surface area (Å²) in [6, 6.07) is 8.86. The molecule has 3 rings (SSSR count). The Morgan fingerprint density at radius 2 is 2.00 bits per heavy atom. The summed E-state index contributed by atoms with van der Waals surface area (Å²) in [4.78, 5) is 13.2. The summed E-state index contributed by atoms with van der Waals surface area (Å²) in [7, 11) is 0. The number of hydrogen-bond acceptors (Lipinski definition) is 4. The maximum absolute atomic E-state index is 12.5. The van der Waals surface area contributed by atoms with Crippen molar-refractivity contribution in [1.29, 1.82) is 0 Å². The second kappa shape index (κ2) is 7.43. The van der Waals surface area contributed by atoms with E-state index in [-0.39, 0.29) is 5.97 Å². The molecule has 0 aromatic heterocycles. The van der Waals surface area contributed by atoms with Crippen LogP contribution in [0.3, 0.4) is 0 Å². The van der Waals surface area contributed by atoms with Crippen molar-refractivity contribution in [1.82, 2.24) is 5.32 Å². The molecule has 2 atom stereocenters. The Bertz CT molecular complexity index is 594. The van der Waals surface area contributed by atoms with Gasteiger partial charge < -0.3 is 10.1 Å². The van der Waals surface area contributed by atoms with Gasteiger partial charge in [-0.15, -0.1) is 11.8 Å². The van der Waals surface area contributed by atoms with Crippen LogP contribution in [0, 0.1) is 12.8 Å². The Balaban J connectivity index is 1.97. The number of thioether (sulfide) groups is 1. The molecule has 1 aliphatic heterocycles. The fraction of sp³-hybridized carbons (Fsp3) is 0.526. The average Bonchev–Trinajstić information content (AvgIpc) is 2.75. The second-order valence-corrected chi connectivity index (χ2v) is 7.43. The minimum absolute atomic E-state index is 0.195. The molecule has 2 aliphatic rings. The standard InChI is InChI=1S/C19H25NO2S/c1-3-22-19(21)18-17(14-10-8-13(2)9-11-14)20-16-7-5-4-6-15(16)12-23-18/h8-11,15-16,20H,3-7,12H2,1-2H3/t15-,16+/m1/s1. The summed E-state index contributed by atoms with van der Waals surface area (Å²) in [5.41, 5.74) is 3.27. The Morgan fingerprint density at radius 1 is 1.26 bits per heavy atom.